The lowest BCUT2D eigenvalue weighted by atomic mass is 10.1. The van der Waals surface area contributed by atoms with Crippen LogP contribution in [-0.2, 0) is 17.5 Å². The number of pyridine rings is 1. The normalized spacial score (nSPS) is 17.0. The van der Waals surface area contributed by atoms with Gasteiger partial charge in [-0.05, 0) is 57.5 Å². The fourth-order valence-corrected chi connectivity index (χ4v) is 3.44. The summed E-state index contributed by atoms with van der Waals surface area (Å²) in [5.74, 6) is -0.417. The molecule has 0 bridgehead atoms. The molecular weight excluding hydrogens is 409 g/mol. The number of alkyl halides is 3. The molecule has 1 N–H and O–H groups in total. The summed E-state index contributed by atoms with van der Waals surface area (Å²) in [5.41, 5.74) is -0.577. The zero-order valence-corrected chi connectivity index (χ0v) is 17.6. The molecule has 1 aliphatic heterocycles. The van der Waals surface area contributed by atoms with Crippen LogP contribution < -0.4 is 10.2 Å². The van der Waals surface area contributed by atoms with Gasteiger partial charge in [0.15, 0.2) is 0 Å². The van der Waals surface area contributed by atoms with Gasteiger partial charge in [-0.1, -0.05) is 12.1 Å². The van der Waals surface area contributed by atoms with Crippen molar-refractivity contribution in [3.8, 4) is 0 Å². The molecule has 2 heterocycles. The number of anilines is 1. The van der Waals surface area contributed by atoms with Gasteiger partial charge in [0.05, 0.1) is 17.8 Å². The van der Waals surface area contributed by atoms with Crippen LogP contribution in [0.4, 0.5) is 23.7 Å². The summed E-state index contributed by atoms with van der Waals surface area (Å²) in [5, 5.41) is 2.86. The molecule has 0 saturated carbocycles. The van der Waals surface area contributed by atoms with Crippen molar-refractivity contribution in [2.45, 2.75) is 51.5 Å². The monoisotopic (exact) mass is 434 g/mol. The van der Waals surface area contributed by atoms with Crippen LogP contribution in [0.25, 0.3) is 0 Å². The molecule has 0 aliphatic carbocycles. The summed E-state index contributed by atoms with van der Waals surface area (Å²) in [7, 11) is 0. The summed E-state index contributed by atoms with van der Waals surface area (Å²) in [4.78, 5) is 33.1. The number of nitrogens with one attached hydrogen (secondary N) is 1. The van der Waals surface area contributed by atoms with E-state index in [1.165, 1.54) is 21.9 Å². The summed E-state index contributed by atoms with van der Waals surface area (Å²) in [6.45, 7) is 5.81. The topological polar surface area (TPSA) is 65.5 Å². The number of amides is 3. The third kappa shape index (κ3) is 5.53. The Hall–Kier alpha value is -3.10. The van der Waals surface area contributed by atoms with Gasteiger partial charge in [-0.25, -0.2) is 4.79 Å². The molecule has 9 heteroatoms. The van der Waals surface area contributed by atoms with Crippen LogP contribution in [0, 0.1) is 0 Å². The number of aromatic nitrogens is 1. The summed E-state index contributed by atoms with van der Waals surface area (Å²) in [6.07, 6.45) is -2.60. The third-order valence-corrected chi connectivity index (χ3v) is 4.84. The number of urea groups is 1. The van der Waals surface area contributed by atoms with Crippen molar-refractivity contribution in [3.05, 3.63) is 59.9 Å². The Morgan fingerprint density at radius 3 is 2.55 bits per heavy atom. The minimum absolute atomic E-state index is 0.107. The van der Waals surface area contributed by atoms with Crippen LogP contribution in [0.1, 0.15) is 38.4 Å². The standard InChI is InChI=1S/C22H25F3N4O2/c1-21(2,3)27-20(31)29(14-16-8-4-5-11-26-16)18-10-12-28(19(18)30)17-9-6-7-15(13-17)22(23,24)25/h4-9,11,13,18H,10,12,14H2,1-3H3,(H,27,31). The molecule has 3 rings (SSSR count). The molecule has 166 valence electrons. The molecule has 31 heavy (non-hydrogen) atoms. The van der Waals surface area contributed by atoms with Crippen molar-refractivity contribution in [2.24, 2.45) is 0 Å². The molecule has 1 aliphatic rings. The van der Waals surface area contributed by atoms with Gasteiger partial charge in [0.25, 0.3) is 0 Å². The zero-order chi connectivity index (χ0) is 22.8. The number of benzene rings is 1. The van der Waals surface area contributed by atoms with Crippen LogP contribution in [0.5, 0.6) is 0 Å². The first-order valence-electron chi connectivity index (χ1n) is 9.93. The number of nitrogens with zero attached hydrogens (tertiary/aromatic N) is 3. The lowest BCUT2D eigenvalue weighted by Gasteiger charge is -2.31. The number of hydrogen-bond acceptors (Lipinski definition) is 3. The van der Waals surface area contributed by atoms with Crippen LogP contribution in [0.15, 0.2) is 48.7 Å². The number of rotatable bonds is 4. The Bertz CT molecular complexity index is 942. The van der Waals surface area contributed by atoms with E-state index in [9.17, 15) is 22.8 Å². The highest BCUT2D eigenvalue weighted by Crippen LogP contribution is 2.33. The van der Waals surface area contributed by atoms with E-state index >= 15 is 0 Å². The van der Waals surface area contributed by atoms with Gasteiger partial charge in [-0.3, -0.25) is 9.78 Å². The average molecular weight is 434 g/mol. The molecule has 2 aromatic rings. The molecule has 1 aromatic heterocycles. The van der Waals surface area contributed by atoms with Gasteiger partial charge < -0.3 is 15.1 Å². The Labute approximate surface area is 179 Å². The van der Waals surface area contributed by atoms with Crippen molar-refractivity contribution in [3.63, 3.8) is 0 Å². The fourth-order valence-electron chi connectivity index (χ4n) is 3.44. The number of hydrogen-bond donors (Lipinski definition) is 1. The molecule has 1 aromatic carbocycles. The first-order chi connectivity index (χ1) is 14.5. The molecule has 1 saturated heterocycles. The van der Waals surface area contributed by atoms with Gasteiger partial charge >= 0.3 is 12.2 Å². The van der Waals surface area contributed by atoms with Gasteiger partial charge in [0.1, 0.15) is 6.04 Å². The van der Waals surface area contributed by atoms with E-state index in [1.807, 2.05) is 20.8 Å². The Morgan fingerprint density at radius 1 is 1.19 bits per heavy atom. The lowest BCUT2D eigenvalue weighted by Crippen LogP contribution is -2.53. The molecule has 6 nitrogen and oxygen atoms in total. The maximum absolute atomic E-state index is 13.2. The van der Waals surface area contributed by atoms with E-state index < -0.39 is 35.3 Å². The van der Waals surface area contributed by atoms with E-state index in [0.29, 0.717) is 12.1 Å². The maximum atomic E-state index is 13.2. The van der Waals surface area contributed by atoms with Crippen molar-refractivity contribution in [2.75, 3.05) is 11.4 Å². The van der Waals surface area contributed by atoms with Gasteiger partial charge in [-0.15, -0.1) is 0 Å². The molecule has 1 unspecified atom stereocenters. The van der Waals surface area contributed by atoms with Gasteiger partial charge in [0.2, 0.25) is 5.91 Å². The summed E-state index contributed by atoms with van der Waals surface area (Å²) < 4.78 is 39.3. The minimum Gasteiger partial charge on any atom is -0.333 e. The Morgan fingerprint density at radius 2 is 1.94 bits per heavy atom. The van der Waals surface area contributed by atoms with Crippen molar-refractivity contribution in [1.82, 2.24) is 15.2 Å². The number of halogens is 3. The SMILES string of the molecule is CC(C)(C)NC(=O)N(Cc1ccccn1)C1CCN(c2cccc(C(F)(F)F)c2)C1=O. The Balaban J connectivity index is 1.87. The maximum Gasteiger partial charge on any atom is 0.416 e. The number of carbonyl (C=O) groups is 2. The van der Waals surface area contributed by atoms with Gasteiger partial charge in [-0.2, -0.15) is 13.2 Å². The van der Waals surface area contributed by atoms with Gasteiger partial charge in [0, 0.05) is 24.0 Å². The third-order valence-electron chi connectivity index (χ3n) is 4.84. The molecule has 0 radical (unpaired) electrons. The smallest absolute Gasteiger partial charge is 0.333 e. The van der Waals surface area contributed by atoms with E-state index in [1.54, 1.807) is 24.4 Å². The highest BCUT2D eigenvalue weighted by molar-refractivity contribution is 6.01. The van der Waals surface area contributed by atoms with Crippen LogP contribution in [0.3, 0.4) is 0 Å². The van der Waals surface area contributed by atoms with Crippen LogP contribution in [0.2, 0.25) is 0 Å². The fraction of sp³-hybridized carbons (Fsp3) is 0.409. The van der Waals surface area contributed by atoms with Crippen molar-refractivity contribution in [1.29, 1.82) is 0 Å². The van der Waals surface area contributed by atoms with Crippen LogP contribution in [-0.4, -0.2) is 39.9 Å². The zero-order valence-electron chi connectivity index (χ0n) is 17.6. The second-order valence-corrected chi connectivity index (χ2v) is 8.47. The van der Waals surface area contributed by atoms with Crippen molar-refractivity contribution < 1.29 is 22.8 Å². The summed E-state index contributed by atoms with van der Waals surface area (Å²) in [6, 6.07) is 8.71. The van der Waals surface area contributed by atoms with E-state index in [-0.39, 0.29) is 18.8 Å². The number of carbonyl (C=O) groups excluding carboxylic acids is 2. The van der Waals surface area contributed by atoms with Crippen molar-refractivity contribution >= 4 is 17.6 Å². The predicted molar refractivity (Wildman–Crippen MR) is 110 cm³/mol. The average Bonchev–Trinajstić information content (AvgIpc) is 3.06. The predicted octanol–water partition coefficient (Wildman–Crippen LogP) is 4.22. The second-order valence-electron chi connectivity index (χ2n) is 8.47. The molecule has 3 amide bonds. The van der Waals surface area contributed by atoms with Crippen LogP contribution >= 0.6 is 0 Å². The lowest BCUT2D eigenvalue weighted by molar-refractivity contribution is -0.137. The Kier molecular flexibility index (Phi) is 6.24. The highest BCUT2D eigenvalue weighted by Gasteiger charge is 2.40. The molecule has 1 fully saturated rings. The summed E-state index contributed by atoms with van der Waals surface area (Å²) >= 11 is 0. The largest absolute Gasteiger partial charge is 0.416 e. The minimum atomic E-state index is -4.50. The molecule has 1 atom stereocenters. The van der Waals surface area contributed by atoms with E-state index in [0.717, 1.165) is 12.1 Å². The molecular formula is C22H25F3N4O2. The highest BCUT2D eigenvalue weighted by atomic mass is 19.4. The van der Waals surface area contributed by atoms with E-state index in [2.05, 4.69) is 10.3 Å². The quantitative estimate of drug-likeness (QED) is 0.784. The van der Waals surface area contributed by atoms with E-state index in [4.69, 9.17) is 0 Å². The second kappa shape index (κ2) is 8.56. The first kappa shape index (κ1) is 22.6. The first-order valence-corrected chi connectivity index (χ1v) is 9.93. The molecule has 0 spiro atoms.